The molecule has 0 unspecified atom stereocenters. The normalized spacial score (nSPS) is 10.6. The first kappa shape index (κ1) is 17.5. The van der Waals surface area contributed by atoms with Gasteiger partial charge in [-0.1, -0.05) is 30.3 Å². The summed E-state index contributed by atoms with van der Waals surface area (Å²) in [5, 5.41) is 7.36. The van der Waals surface area contributed by atoms with Crippen LogP contribution >= 0.6 is 0 Å². The molecule has 1 N–H and O–H groups in total. The van der Waals surface area contributed by atoms with Crippen molar-refractivity contribution in [2.75, 3.05) is 19.5 Å². The molecular formula is C21H18N4O3. The fourth-order valence-electron chi connectivity index (χ4n) is 2.85. The van der Waals surface area contributed by atoms with E-state index in [0.29, 0.717) is 34.2 Å². The van der Waals surface area contributed by atoms with Crippen LogP contribution in [0.3, 0.4) is 0 Å². The third-order valence-electron chi connectivity index (χ3n) is 4.27. The first-order valence-electron chi connectivity index (χ1n) is 8.63. The number of aromatic nitrogens is 3. The molecule has 0 bridgehead atoms. The van der Waals surface area contributed by atoms with Crippen molar-refractivity contribution in [3.8, 4) is 22.9 Å². The van der Waals surface area contributed by atoms with Gasteiger partial charge in [0.25, 0.3) is 5.91 Å². The van der Waals surface area contributed by atoms with Crippen LogP contribution < -0.4 is 14.8 Å². The molecule has 4 rings (SSSR count). The number of fused-ring (bicyclic) bond motifs is 1. The van der Waals surface area contributed by atoms with E-state index in [1.54, 1.807) is 42.1 Å². The summed E-state index contributed by atoms with van der Waals surface area (Å²) < 4.78 is 12.1. The molecule has 2 aromatic carbocycles. The van der Waals surface area contributed by atoms with Gasteiger partial charge >= 0.3 is 0 Å². The van der Waals surface area contributed by atoms with Crippen molar-refractivity contribution in [3.05, 3.63) is 72.4 Å². The highest BCUT2D eigenvalue weighted by atomic mass is 16.5. The van der Waals surface area contributed by atoms with E-state index in [-0.39, 0.29) is 5.91 Å². The molecule has 7 nitrogen and oxygen atoms in total. The third kappa shape index (κ3) is 3.37. The Hall–Kier alpha value is -3.87. The van der Waals surface area contributed by atoms with Gasteiger partial charge in [0.15, 0.2) is 23.0 Å². The Kier molecular flexibility index (Phi) is 4.63. The minimum Gasteiger partial charge on any atom is -0.493 e. The summed E-state index contributed by atoms with van der Waals surface area (Å²) in [7, 11) is 3.08. The number of nitrogens with zero attached hydrogens (tertiary/aromatic N) is 3. The van der Waals surface area contributed by atoms with Crippen LogP contribution in [0.15, 0.2) is 66.9 Å². The molecule has 4 aromatic rings. The number of amides is 1. The van der Waals surface area contributed by atoms with Gasteiger partial charge in [0.05, 0.1) is 26.1 Å². The Morgan fingerprint density at radius 3 is 2.50 bits per heavy atom. The molecule has 28 heavy (non-hydrogen) atoms. The monoisotopic (exact) mass is 374 g/mol. The second kappa shape index (κ2) is 7.40. The number of carbonyl (C=O) groups is 1. The van der Waals surface area contributed by atoms with Crippen LogP contribution in [0.5, 0.6) is 11.5 Å². The van der Waals surface area contributed by atoms with Crippen LogP contribution in [-0.4, -0.2) is 34.7 Å². The molecular weight excluding hydrogens is 356 g/mol. The number of hydrogen-bond acceptors (Lipinski definition) is 5. The summed E-state index contributed by atoms with van der Waals surface area (Å²) in [5.41, 5.74) is 2.70. The second-order valence-electron chi connectivity index (χ2n) is 6.05. The van der Waals surface area contributed by atoms with Crippen LogP contribution in [0.1, 0.15) is 10.4 Å². The molecule has 1 amide bonds. The van der Waals surface area contributed by atoms with E-state index in [0.717, 1.165) is 5.56 Å². The van der Waals surface area contributed by atoms with Crippen LogP contribution in [0.4, 0.5) is 5.69 Å². The number of nitrogens with one attached hydrogen (secondary N) is 1. The highest BCUT2D eigenvalue weighted by Crippen LogP contribution is 2.28. The second-order valence-corrected chi connectivity index (χ2v) is 6.05. The quantitative estimate of drug-likeness (QED) is 0.577. The molecule has 7 heteroatoms. The average Bonchev–Trinajstić information content (AvgIpc) is 3.17. The summed E-state index contributed by atoms with van der Waals surface area (Å²) >= 11 is 0. The van der Waals surface area contributed by atoms with E-state index in [1.807, 2.05) is 36.4 Å². The van der Waals surface area contributed by atoms with Gasteiger partial charge in [-0.3, -0.25) is 4.79 Å². The molecule has 0 spiro atoms. The van der Waals surface area contributed by atoms with Crippen LogP contribution in [-0.2, 0) is 0 Å². The van der Waals surface area contributed by atoms with E-state index in [1.165, 1.54) is 7.11 Å². The van der Waals surface area contributed by atoms with Gasteiger partial charge in [-0.15, -0.1) is 5.10 Å². The number of pyridine rings is 1. The van der Waals surface area contributed by atoms with Crippen LogP contribution in [0.2, 0.25) is 0 Å². The zero-order valence-electron chi connectivity index (χ0n) is 15.4. The maximum Gasteiger partial charge on any atom is 0.255 e. The van der Waals surface area contributed by atoms with E-state index in [4.69, 9.17) is 9.47 Å². The first-order chi connectivity index (χ1) is 13.7. The maximum atomic E-state index is 12.6. The molecule has 0 atom stereocenters. The molecule has 0 aliphatic rings. The molecule has 2 aromatic heterocycles. The Bertz CT molecular complexity index is 1140. The standard InChI is InChI=1S/C21H18N4O3/c1-27-17-10-8-15(12-18(17)28-2)21(26)22-16-9-11-19-23-20(24-25(19)13-16)14-6-4-3-5-7-14/h3-13H,1-2H3,(H,22,26). The first-order valence-corrected chi connectivity index (χ1v) is 8.63. The summed E-state index contributed by atoms with van der Waals surface area (Å²) in [5.74, 6) is 1.43. The molecule has 2 heterocycles. The lowest BCUT2D eigenvalue weighted by atomic mass is 10.2. The lowest BCUT2D eigenvalue weighted by Crippen LogP contribution is -2.12. The molecule has 0 fully saturated rings. The Morgan fingerprint density at radius 2 is 1.75 bits per heavy atom. The molecule has 140 valence electrons. The van der Waals surface area contributed by atoms with Gasteiger partial charge in [0.1, 0.15) is 0 Å². The average molecular weight is 374 g/mol. The van der Waals surface area contributed by atoms with Crippen molar-refractivity contribution in [2.45, 2.75) is 0 Å². The van der Waals surface area contributed by atoms with Crippen LogP contribution in [0, 0.1) is 0 Å². The third-order valence-corrected chi connectivity index (χ3v) is 4.27. The minimum atomic E-state index is -0.260. The minimum absolute atomic E-state index is 0.260. The topological polar surface area (TPSA) is 77.8 Å². The van der Waals surface area contributed by atoms with Gasteiger partial charge in [0, 0.05) is 11.1 Å². The van der Waals surface area contributed by atoms with E-state index in [9.17, 15) is 4.79 Å². The van der Waals surface area contributed by atoms with Crippen molar-refractivity contribution < 1.29 is 14.3 Å². The SMILES string of the molecule is COc1ccc(C(=O)Nc2ccc3nc(-c4ccccc4)nn3c2)cc1OC. The largest absolute Gasteiger partial charge is 0.493 e. The van der Waals surface area contributed by atoms with Crippen LogP contribution in [0.25, 0.3) is 17.0 Å². The summed E-state index contributed by atoms with van der Waals surface area (Å²) in [4.78, 5) is 17.1. The smallest absolute Gasteiger partial charge is 0.255 e. The van der Waals surface area contributed by atoms with E-state index < -0.39 is 0 Å². The van der Waals surface area contributed by atoms with E-state index >= 15 is 0 Å². The highest BCUT2D eigenvalue weighted by Gasteiger charge is 2.12. The summed E-state index contributed by atoms with van der Waals surface area (Å²) in [6.45, 7) is 0. The number of hydrogen-bond donors (Lipinski definition) is 1. The fraction of sp³-hybridized carbons (Fsp3) is 0.0952. The molecule has 0 aliphatic carbocycles. The zero-order valence-corrected chi connectivity index (χ0v) is 15.4. The lowest BCUT2D eigenvalue weighted by Gasteiger charge is -2.10. The van der Waals surface area contributed by atoms with Gasteiger partial charge in [-0.2, -0.15) is 0 Å². The van der Waals surface area contributed by atoms with Crippen molar-refractivity contribution >= 4 is 17.2 Å². The Balaban J connectivity index is 1.58. The maximum absolute atomic E-state index is 12.6. The summed E-state index contributed by atoms with van der Waals surface area (Å²) in [6, 6.07) is 18.3. The number of methoxy groups -OCH3 is 2. The Labute approximate surface area is 161 Å². The molecule has 0 saturated carbocycles. The highest BCUT2D eigenvalue weighted by molar-refractivity contribution is 6.04. The van der Waals surface area contributed by atoms with Crippen molar-refractivity contribution in [1.82, 2.24) is 14.6 Å². The molecule has 0 radical (unpaired) electrons. The fourth-order valence-corrected chi connectivity index (χ4v) is 2.85. The number of benzene rings is 2. The van der Waals surface area contributed by atoms with E-state index in [2.05, 4.69) is 15.4 Å². The van der Waals surface area contributed by atoms with Crippen molar-refractivity contribution in [1.29, 1.82) is 0 Å². The van der Waals surface area contributed by atoms with Gasteiger partial charge in [-0.25, -0.2) is 9.50 Å². The molecule has 0 aliphatic heterocycles. The van der Waals surface area contributed by atoms with Gasteiger partial charge in [0.2, 0.25) is 0 Å². The summed E-state index contributed by atoms with van der Waals surface area (Å²) in [6.07, 6.45) is 1.73. The molecule has 0 saturated heterocycles. The van der Waals surface area contributed by atoms with Gasteiger partial charge < -0.3 is 14.8 Å². The van der Waals surface area contributed by atoms with Crippen molar-refractivity contribution in [2.24, 2.45) is 0 Å². The Morgan fingerprint density at radius 1 is 0.964 bits per heavy atom. The van der Waals surface area contributed by atoms with Gasteiger partial charge in [-0.05, 0) is 30.3 Å². The number of ether oxygens (including phenoxy) is 2. The zero-order chi connectivity index (χ0) is 19.5. The van der Waals surface area contributed by atoms with Crippen molar-refractivity contribution in [3.63, 3.8) is 0 Å². The number of rotatable bonds is 5. The number of carbonyl (C=O) groups excluding carboxylic acids is 1. The predicted molar refractivity (Wildman–Crippen MR) is 106 cm³/mol. The lowest BCUT2D eigenvalue weighted by molar-refractivity contribution is 0.102. The number of anilines is 1. The predicted octanol–water partition coefficient (Wildman–Crippen LogP) is 3.67.